The second-order valence-corrected chi connectivity index (χ2v) is 10.7. The maximum Gasteiger partial charge on any atom is 0.304 e. The van der Waals surface area contributed by atoms with Gasteiger partial charge >= 0.3 is 5.97 Å². The predicted octanol–water partition coefficient (Wildman–Crippen LogP) is 5.65. The number of carboxylic acid groups (broad SMARTS) is 1. The summed E-state index contributed by atoms with van der Waals surface area (Å²) in [5.41, 5.74) is 4.09. The van der Waals surface area contributed by atoms with Crippen LogP contribution in [-0.2, 0) is 16.0 Å². The van der Waals surface area contributed by atoms with E-state index in [1.54, 1.807) is 13.2 Å². The fraction of sp³-hybridized carbons (Fsp3) is 0.241. The SMILES string of the molecule is CN1CCOc2cc(-c3ccc(Cl)cc3-c3csc(N(C)C(=O)C(CC(=O)O)Cc4ccccc4)n3)cnc21. The molecule has 200 valence electrons. The van der Waals surface area contributed by atoms with E-state index in [2.05, 4.69) is 9.88 Å². The third kappa shape index (κ3) is 5.89. The summed E-state index contributed by atoms with van der Waals surface area (Å²) in [5.74, 6) is -0.524. The summed E-state index contributed by atoms with van der Waals surface area (Å²) < 4.78 is 5.85. The molecule has 2 aromatic heterocycles. The van der Waals surface area contributed by atoms with E-state index in [1.165, 1.54) is 16.2 Å². The molecule has 0 saturated heterocycles. The number of aromatic nitrogens is 2. The van der Waals surface area contributed by atoms with Gasteiger partial charge in [-0.2, -0.15) is 0 Å². The number of hydrogen-bond acceptors (Lipinski definition) is 7. The minimum Gasteiger partial charge on any atom is -0.488 e. The molecule has 0 aliphatic carbocycles. The van der Waals surface area contributed by atoms with E-state index < -0.39 is 11.9 Å². The second-order valence-electron chi connectivity index (χ2n) is 9.40. The number of fused-ring (bicyclic) bond motifs is 1. The number of thiazole rings is 1. The first-order chi connectivity index (χ1) is 18.8. The lowest BCUT2D eigenvalue weighted by molar-refractivity contribution is -0.140. The first kappa shape index (κ1) is 26.6. The third-order valence-corrected chi connectivity index (χ3v) is 7.80. The number of pyridine rings is 1. The second kappa shape index (κ2) is 11.4. The molecule has 5 rings (SSSR count). The van der Waals surface area contributed by atoms with E-state index in [1.807, 2.05) is 67.0 Å². The number of aliphatic carboxylic acids is 1. The summed E-state index contributed by atoms with van der Waals surface area (Å²) in [6.45, 7) is 1.36. The van der Waals surface area contributed by atoms with Crippen molar-refractivity contribution in [3.8, 4) is 28.1 Å². The van der Waals surface area contributed by atoms with Gasteiger partial charge in [-0.15, -0.1) is 11.3 Å². The van der Waals surface area contributed by atoms with E-state index in [0.717, 1.165) is 34.6 Å². The Hall–Kier alpha value is -3.95. The molecular formula is C29H27ClN4O4S. The highest BCUT2D eigenvalue weighted by atomic mass is 35.5. The molecule has 1 N–H and O–H groups in total. The highest BCUT2D eigenvalue weighted by Gasteiger charge is 2.28. The number of amides is 1. The zero-order valence-corrected chi connectivity index (χ0v) is 23.1. The van der Waals surface area contributed by atoms with Crippen LogP contribution in [-0.4, -0.2) is 54.2 Å². The number of nitrogens with zero attached hydrogens (tertiary/aromatic N) is 4. The monoisotopic (exact) mass is 562 g/mol. The molecule has 1 aliphatic heterocycles. The van der Waals surface area contributed by atoms with Crippen molar-refractivity contribution in [1.82, 2.24) is 9.97 Å². The number of hydrogen-bond donors (Lipinski definition) is 1. The fourth-order valence-electron chi connectivity index (χ4n) is 4.62. The number of carbonyl (C=O) groups excluding carboxylic acids is 1. The minimum absolute atomic E-state index is 0.267. The quantitative estimate of drug-likeness (QED) is 0.296. The number of carboxylic acids is 1. The van der Waals surface area contributed by atoms with Crippen molar-refractivity contribution in [1.29, 1.82) is 0 Å². The van der Waals surface area contributed by atoms with Gasteiger partial charge in [-0.1, -0.05) is 48.0 Å². The molecule has 8 nitrogen and oxygen atoms in total. The molecule has 4 aromatic rings. The van der Waals surface area contributed by atoms with Crippen LogP contribution in [0.4, 0.5) is 10.9 Å². The Labute approximate surface area is 235 Å². The lowest BCUT2D eigenvalue weighted by atomic mass is 9.95. The number of ether oxygens (including phenoxy) is 1. The van der Waals surface area contributed by atoms with E-state index in [4.69, 9.17) is 21.3 Å². The van der Waals surface area contributed by atoms with E-state index >= 15 is 0 Å². The molecule has 2 aromatic carbocycles. The molecule has 1 amide bonds. The molecule has 0 spiro atoms. The van der Waals surface area contributed by atoms with Crippen molar-refractivity contribution < 1.29 is 19.4 Å². The highest BCUT2D eigenvalue weighted by molar-refractivity contribution is 7.14. The van der Waals surface area contributed by atoms with E-state index in [-0.39, 0.29) is 12.3 Å². The van der Waals surface area contributed by atoms with Crippen LogP contribution in [0.3, 0.4) is 0 Å². The van der Waals surface area contributed by atoms with Gasteiger partial charge in [0.25, 0.3) is 0 Å². The lowest BCUT2D eigenvalue weighted by Gasteiger charge is -2.26. The van der Waals surface area contributed by atoms with Crippen LogP contribution in [0.15, 0.2) is 66.2 Å². The fourth-order valence-corrected chi connectivity index (χ4v) is 5.59. The van der Waals surface area contributed by atoms with Gasteiger partial charge in [0.2, 0.25) is 5.91 Å². The van der Waals surface area contributed by atoms with Gasteiger partial charge in [0, 0.05) is 41.8 Å². The third-order valence-electron chi connectivity index (χ3n) is 6.65. The topological polar surface area (TPSA) is 95.9 Å². The number of likely N-dealkylation sites (N-methyl/N-ethyl adjacent to an activating group) is 1. The molecule has 39 heavy (non-hydrogen) atoms. The van der Waals surface area contributed by atoms with Crippen LogP contribution in [0.5, 0.6) is 5.75 Å². The maximum atomic E-state index is 13.4. The summed E-state index contributed by atoms with van der Waals surface area (Å²) >= 11 is 7.70. The molecule has 0 bridgehead atoms. The maximum absolute atomic E-state index is 13.4. The molecule has 0 fully saturated rings. The van der Waals surface area contributed by atoms with Crippen LogP contribution in [0.2, 0.25) is 5.02 Å². The largest absolute Gasteiger partial charge is 0.488 e. The zero-order chi connectivity index (χ0) is 27.5. The van der Waals surface area contributed by atoms with Crippen molar-refractivity contribution in [2.24, 2.45) is 5.92 Å². The lowest BCUT2D eigenvalue weighted by Crippen LogP contribution is -2.35. The van der Waals surface area contributed by atoms with Crippen LogP contribution in [0.25, 0.3) is 22.4 Å². The van der Waals surface area contributed by atoms with E-state index in [0.29, 0.717) is 34.6 Å². The minimum atomic E-state index is -1.02. The number of benzene rings is 2. The van der Waals surface area contributed by atoms with Crippen molar-refractivity contribution in [3.63, 3.8) is 0 Å². The van der Waals surface area contributed by atoms with Gasteiger partial charge in [0.05, 0.1) is 24.6 Å². The van der Waals surface area contributed by atoms with Crippen LogP contribution < -0.4 is 14.5 Å². The van der Waals surface area contributed by atoms with Crippen molar-refractivity contribution in [3.05, 3.63) is 76.8 Å². The normalized spacial score (nSPS) is 13.4. The molecule has 0 saturated carbocycles. The Morgan fingerprint density at radius 2 is 1.97 bits per heavy atom. The number of anilines is 2. The Kier molecular flexibility index (Phi) is 7.81. The first-order valence-electron chi connectivity index (χ1n) is 12.4. The van der Waals surface area contributed by atoms with Gasteiger partial charge < -0.3 is 14.7 Å². The van der Waals surface area contributed by atoms with Gasteiger partial charge in [0.15, 0.2) is 16.7 Å². The van der Waals surface area contributed by atoms with Gasteiger partial charge in [-0.05, 0) is 35.7 Å². The molecule has 0 radical (unpaired) electrons. The predicted molar refractivity (Wildman–Crippen MR) is 154 cm³/mol. The summed E-state index contributed by atoms with van der Waals surface area (Å²) in [6.07, 6.45) is 1.87. The Balaban J connectivity index is 1.44. The zero-order valence-electron chi connectivity index (χ0n) is 21.5. The molecule has 1 aliphatic rings. The van der Waals surface area contributed by atoms with Gasteiger partial charge in [-0.3, -0.25) is 14.5 Å². The molecule has 10 heteroatoms. The number of carbonyl (C=O) groups is 2. The molecule has 1 atom stereocenters. The Morgan fingerprint density at radius 3 is 2.74 bits per heavy atom. The van der Waals surface area contributed by atoms with Crippen molar-refractivity contribution in [2.45, 2.75) is 12.8 Å². The van der Waals surface area contributed by atoms with Crippen molar-refractivity contribution in [2.75, 3.05) is 37.0 Å². The average Bonchev–Trinajstić information content (AvgIpc) is 3.42. The standard InChI is InChI=1S/C29H27ClN4O4S/c1-33-10-11-38-25-13-20(16-31-27(25)33)22-9-8-21(30)15-23(22)24-17-39-29(32-24)34(2)28(37)19(14-26(35)36)12-18-6-4-3-5-7-18/h3-9,13,15-17,19H,10-12,14H2,1-2H3,(H,35,36). The molecule has 3 heterocycles. The Morgan fingerprint density at radius 1 is 1.18 bits per heavy atom. The summed E-state index contributed by atoms with van der Waals surface area (Å²) in [7, 11) is 3.61. The van der Waals surface area contributed by atoms with Gasteiger partial charge in [0.1, 0.15) is 6.61 Å². The van der Waals surface area contributed by atoms with Crippen molar-refractivity contribution >= 4 is 45.8 Å². The van der Waals surface area contributed by atoms with Crippen LogP contribution in [0, 0.1) is 5.92 Å². The smallest absolute Gasteiger partial charge is 0.304 e. The molecular weight excluding hydrogens is 536 g/mol. The first-order valence-corrected chi connectivity index (χ1v) is 13.7. The number of halogens is 1. The van der Waals surface area contributed by atoms with Crippen LogP contribution >= 0.6 is 22.9 Å². The summed E-state index contributed by atoms with van der Waals surface area (Å²) in [6, 6.07) is 17.0. The Bertz CT molecular complexity index is 1510. The number of rotatable bonds is 8. The van der Waals surface area contributed by atoms with Crippen LogP contribution in [0.1, 0.15) is 12.0 Å². The molecule has 1 unspecified atom stereocenters. The summed E-state index contributed by atoms with van der Waals surface area (Å²) in [4.78, 5) is 37.8. The average molecular weight is 563 g/mol. The summed E-state index contributed by atoms with van der Waals surface area (Å²) in [5, 5.41) is 12.4. The van der Waals surface area contributed by atoms with E-state index in [9.17, 15) is 14.7 Å². The van der Waals surface area contributed by atoms with Gasteiger partial charge in [-0.25, -0.2) is 9.97 Å². The highest BCUT2D eigenvalue weighted by Crippen LogP contribution is 2.39.